The van der Waals surface area contributed by atoms with Crippen molar-refractivity contribution in [3.05, 3.63) is 81.5 Å². The number of hydrogen-bond donors (Lipinski definition) is 1. The zero-order valence-corrected chi connectivity index (χ0v) is 17.1. The number of rotatable bonds is 5. The molecule has 150 valence electrons. The van der Waals surface area contributed by atoms with Gasteiger partial charge >= 0.3 is 5.97 Å². The fourth-order valence-electron chi connectivity index (χ4n) is 3.24. The topological polar surface area (TPSA) is 84.7 Å². The Kier molecular flexibility index (Phi) is 5.93. The second-order valence-electron chi connectivity index (χ2n) is 6.86. The Morgan fingerprint density at radius 2 is 1.90 bits per heavy atom. The van der Waals surface area contributed by atoms with Crippen LogP contribution in [-0.4, -0.2) is 22.1 Å². The third-order valence-corrected chi connectivity index (χ3v) is 4.78. The van der Waals surface area contributed by atoms with Gasteiger partial charge in [-0.2, -0.15) is 0 Å². The second-order valence-corrected chi connectivity index (χ2v) is 7.25. The van der Waals surface area contributed by atoms with E-state index in [0.717, 1.165) is 5.69 Å². The van der Waals surface area contributed by atoms with Gasteiger partial charge in [0.15, 0.2) is 5.11 Å². The summed E-state index contributed by atoms with van der Waals surface area (Å²) in [5, 5.41) is 14.8. The molecule has 0 radical (unpaired) electrons. The molecule has 29 heavy (non-hydrogen) atoms. The molecule has 0 aliphatic carbocycles. The Morgan fingerprint density at radius 3 is 2.52 bits per heavy atom. The van der Waals surface area contributed by atoms with E-state index in [4.69, 9.17) is 17.0 Å². The second kappa shape index (κ2) is 8.40. The van der Waals surface area contributed by atoms with Crippen LogP contribution in [0.25, 0.3) is 0 Å². The largest absolute Gasteiger partial charge is 0.459 e. The van der Waals surface area contributed by atoms with Crippen LogP contribution in [0.3, 0.4) is 0 Å². The van der Waals surface area contributed by atoms with Crippen LogP contribution in [0.15, 0.2) is 65.9 Å². The highest BCUT2D eigenvalue weighted by atomic mass is 32.1. The zero-order valence-electron chi connectivity index (χ0n) is 16.3. The van der Waals surface area contributed by atoms with Gasteiger partial charge in [-0.1, -0.05) is 30.3 Å². The highest BCUT2D eigenvalue weighted by Crippen LogP contribution is 2.35. The maximum atomic E-state index is 13.0. The third-order valence-electron chi connectivity index (χ3n) is 4.48. The van der Waals surface area contributed by atoms with Crippen LogP contribution >= 0.6 is 12.2 Å². The van der Waals surface area contributed by atoms with Gasteiger partial charge in [0.05, 0.1) is 22.6 Å². The lowest BCUT2D eigenvalue weighted by atomic mass is 9.94. The summed E-state index contributed by atoms with van der Waals surface area (Å²) >= 11 is 5.57. The number of non-ortho nitro benzene ring substituents is 1. The van der Waals surface area contributed by atoms with Crippen molar-refractivity contribution < 1.29 is 14.5 Å². The molecule has 1 atom stereocenters. The van der Waals surface area contributed by atoms with Crippen LogP contribution in [0.5, 0.6) is 0 Å². The van der Waals surface area contributed by atoms with Crippen molar-refractivity contribution in [1.29, 1.82) is 0 Å². The first-order chi connectivity index (χ1) is 13.8. The summed E-state index contributed by atoms with van der Waals surface area (Å²) in [6.07, 6.45) is -0.312. The number of benzene rings is 2. The number of anilines is 1. The van der Waals surface area contributed by atoms with Gasteiger partial charge in [0, 0.05) is 23.5 Å². The van der Waals surface area contributed by atoms with Gasteiger partial charge in [-0.05, 0) is 50.7 Å². The minimum atomic E-state index is -0.659. The lowest BCUT2D eigenvalue weighted by molar-refractivity contribution is -0.384. The van der Waals surface area contributed by atoms with E-state index >= 15 is 0 Å². The summed E-state index contributed by atoms with van der Waals surface area (Å²) in [5.41, 5.74) is 2.27. The number of allylic oxidation sites excluding steroid dienone is 1. The van der Waals surface area contributed by atoms with Crippen LogP contribution < -0.4 is 10.2 Å². The minimum absolute atomic E-state index is 0.0602. The van der Waals surface area contributed by atoms with E-state index in [9.17, 15) is 14.9 Å². The molecule has 1 N–H and O–H groups in total. The Hall–Kier alpha value is -3.26. The average Bonchev–Trinajstić information content (AvgIpc) is 2.67. The third kappa shape index (κ3) is 4.27. The Morgan fingerprint density at radius 1 is 1.21 bits per heavy atom. The lowest BCUT2D eigenvalue weighted by Crippen LogP contribution is -2.48. The van der Waals surface area contributed by atoms with Gasteiger partial charge in [0.25, 0.3) is 5.69 Å². The van der Waals surface area contributed by atoms with Crippen LogP contribution in [-0.2, 0) is 9.53 Å². The molecule has 0 bridgehead atoms. The number of thiocarbonyl (C=S) groups is 1. The van der Waals surface area contributed by atoms with Crippen molar-refractivity contribution in [3.8, 4) is 0 Å². The van der Waals surface area contributed by atoms with Crippen molar-refractivity contribution in [2.24, 2.45) is 0 Å². The number of carbonyl (C=O) groups excluding carboxylic acids is 1. The molecule has 0 spiro atoms. The molecule has 1 aliphatic rings. The standard InChI is InChI=1S/C21H21N3O4S/c1-13(2)28-20(25)18-14(3)23(16-9-5-4-6-10-16)21(29)22-19(18)15-8-7-11-17(12-15)24(26)27/h4-13,19H,1-3H3,(H,22,29)/t19-/m1/s1. The zero-order chi connectivity index (χ0) is 21.1. The molecule has 2 aromatic carbocycles. The molecule has 3 rings (SSSR count). The molecule has 0 aromatic heterocycles. The van der Waals surface area contributed by atoms with Crippen LogP contribution in [0.4, 0.5) is 11.4 Å². The summed E-state index contributed by atoms with van der Waals surface area (Å²) in [6.45, 7) is 5.33. The maximum absolute atomic E-state index is 13.0. The van der Waals surface area contributed by atoms with Gasteiger partial charge < -0.3 is 10.1 Å². The number of ether oxygens (including phenoxy) is 1. The van der Waals surface area contributed by atoms with E-state index in [0.29, 0.717) is 21.9 Å². The molecular formula is C21H21N3O4S. The summed E-state index contributed by atoms with van der Waals surface area (Å²) in [4.78, 5) is 25.5. The van der Waals surface area contributed by atoms with Crippen LogP contribution in [0.1, 0.15) is 32.4 Å². The van der Waals surface area contributed by atoms with E-state index in [2.05, 4.69) is 5.32 Å². The molecule has 7 nitrogen and oxygen atoms in total. The minimum Gasteiger partial charge on any atom is -0.459 e. The predicted molar refractivity (Wildman–Crippen MR) is 114 cm³/mol. The molecule has 0 fully saturated rings. The monoisotopic (exact) mass is 411 g/mol. The molecular weight excluding hydrogens is 390 g/mol. The first kappa shape index (κ1) is 20.5. The van der Waals surface area contributed by atoms with Gasteiger partial charge in [0.2, 0.25) is 0 Å². The maximum Gasteiger partial charge on any atom is 0.338 e. The fraction of sp³-hybridized carbons (Fsp3) is 0.238. The number of carbonyl (C=O) groups is 1. The first-order valence-corrected chi connectivity index (χ1v) is 9.52. The molecule has 0 saturated heterocycles. The predicted octanol–water partition coefficient (Wildman–Crippen LogP) is 4.26. The summed E-state index contributed by atoms with van der Waals surface area (Å²) in [6, 6.07) is 14.9. The Bertz CT molecular complexity index is 988. The lowest BCUT2D eigenvalue weighted by Gasteiger charge is -2.37. The first-order valence-electron chi connectivity index (χ1n) is 9.11. The van der Waals surface area contributed by atoms with E-state index in [-0.39, 0.29) is 11.8 Å². The molecule has 1 heterocycles. The SMILES string of the molecule is CC1=C(C(=O)OC(C)C)[C@@H](c2cccc([N+](=O)[O-])c2)NC(=S)N1c1ccccc1. The number of nitrogens with one attached hydrogen (secondary N) is 1. The van der Waals surface area contributed by atoms with Crippen LogP contribution in [0.2, 0.25) is 0 Å². The summed E-state index contributed by atoms with van der Waals surface area (Å²) in [5.74, 6) is -0.495. The average molecular weight is 411 g/mol. The molecule has 0 unspecified atom stereocenters. The van der Waals surface area contributed by atoms with Gasteiger partial charge in [-0.15, -0.1) is 0 Å². The number of nitrogens with zero attached hydrogens (tertiary/aromatic N) is 2. The Labute approximate surface area is 174 Å². The van der Waals surface area contributed by atoms with Crippen molar-refractivity contribution in [1.82, 2.24) is 5.32 Å². The fourth-order valence-corrected chi connectivity index (χ4v) is 3.60. The number of nitro benzene ring substituents is 1. The number of hydrogen-bond acceptors (Lipinski definition) is 5. The quantitative estimate of drug-likeness (QED) is 0.341. The highest BCUT2D eigenvalue weighted by molar-refractivity contribution is 7.80. The number of esters is 1. The molecule has 8 heteroatoms. The molecule has 2 aromatic rings. The summed E-state index contributed by atoms with van der Waals surface area (Å²) < 4.78 is 5.47. The van der Waals surface area contributed by atoms with E-state index < -0.39 is 16.9 Å². The molecule has 0 amide bonds. The van der Waals surface area contributed by atoms with Crippen LogP contribution in [0, 0.1) is 10.1 Å². The van der Waals surface area contributed by atoms with E-state index in [1.807, 2.05) is 30.3 Å². The number of nitro groups is 1. The molecule has 1 aliphatic heterocycles. The normalized spacial score (nSPS) is 16.6. The van der Waals surface area contributed by atoms with Gasteiger partial charge in [-0.3, -0.25) is 15.0 Å². The van der Waals surface area contributed by atoms with E-state index in [1.165, 1.54) is 12.1 Å². The van der Waals surface area contributed by atoms with Gasteiger partial charge in [0.1, 0.15) is 0 Å². The molecule has 0 saturated carbocycles. The Balaban J connectivity index is 2.14. The smallest absolute Gasteiger partial charge is 0.338 e. The highest BCUT2D eigenvalue weighted by Gasteiger charge is 2.36. The van der Waals surface area contributed by atoms with Crippen molar-refractivity contribution in [2.45, 2.75) is 32.9 Å². The van der Waals surface area contributed by atoms with Crippen molar-refractivity contribution >= 4 is 34.7 Å². The van der Waals surface area contributed by atoms with Gasteiger partial charge in [-0.25, -0.2) is 4.79 Å². The van der Waals surface area contributed by atoms with Crippen molar-refractivity contribution in [2.75, 3.05) is 4.90 Å². The number of para-hydroxylation sites is 1. The summed E-state index contributed by atoms with van der Waals surface area (Å²) in [7, 11) is 0. The van der Waals surface area contributed by atoms with Crippen molar-refractivity contribution in [3.63, 3.8) is 0 Å². The van der Waals surface area contributed by atoms with E-state index in [1.54, 1.807) is 37.8 Å².